The molecule has 0 N–H and O–H groups in total. The first-order valence-electron chi connectivity index (χ1n) is 5.70. The first kappa shape index (κ1) is 12.0. The maximum absolute atomic E-state index is 13.7. The topological polar surface area (TPSA) is 0 Å². The fourth-order valence-corrected chi connectivity index (χ4v) is 2.26. The zero-order valence-corrected chi connectivity index (χ0v) is 9.68. The van der Waals surface area contributed by atoms with Gasteiger partial charge in [0.25, 0.3) is 0 Å². The van der Waals surface area contributed by atoms with Crippen molar-refractivity contribution in [2.45, 2.75) is 6.42 Å². The lowest BCUT2D eigenvalue weighted by Crippen LogP contribution is -2.01. The van der Waals surface area contributed by atoms with E-state index in [2.05, 4.69) is 0 Å². The van der Waals surface area contributed by atoms with Gasteiger partial charge in [-0.25, -0.2) is 17.6 Å². The van der Waals surface area contributed by atoms with Crippen molar-refractivity contribution in [2.24, 2.45) is 0 Å². The highest BCUT2D eigenvalue weighted by Crippen LogP contribution is 2.34. The molecule has 1 aliphatic rings. The lowest BCUT2D eigenvalue weighted by Gasteiger charge is -2.06. The van der Waals surface area contributed by atoms with Crippen LogP contribution in [-0.2, 0) is 6.42 Å². The normalized spacial score (nSPS) is 13.4. The Kier molecular flexibility index (Phi) is 2.66. The number of hydrogen-bond donors (Lipinski definition) is 0. The fraction of sp³-hybridized carbons (Fsp3) is 0.0667. The molecule has 0 fully saturated rings. The Labute approximate surface area is 107 Å². The van der Waals surface area contributed by atoms with E-state index in [1.165, 1.54) is 0 Å². The van der Waals surface area contributed by atoms with Gasteiger partial charge in [-0.1, -0.05) is 30.3 Å². The third kappa shape index (κ3) is 1.84. The van der Waals surface area contributed by atoms with Gasteiger partial charge < -0.3 is 0 Å². The summed E-state index contributed by atoms with van der Waals surface area (Å²) in [5.41, 5.74) is 2.04. The molecule has 2 aromatic rings. The molecule has 0 unspecified atom stereocenters. The number of benzene rings is 2. The van der Waals surface area contributed by atoms with Crippen LogP contribution in [0.4, 0.5) is 17.6 Å². The summed E-state index contributed by atoms with van der Waals surface area (Å²) in [5.74, 6) is -6.28. The van der Waals surface area contributed by atoms with Crippen LogP contribution in [0.15, 0.2) is 30.3 Å². The average molecular weight is 264 g/mol. The molecule has 96 valence electrons. The van der Waals surface area contributed by atoms with Crippen molar-refractivity contribution < 1.29 is 17.6 Å². The average Bonchev–Trinajstić information content (AvgIpc) is 2.84. The molecule has 2 aromatic carbocycles. The molecule has 0 bridgehead atoms. The van der Waals surface area contributed by atoms with E-state index in [4.69, 9.17) is 0 Å². The summed E-state index contributed by atoms with van der Waals surface area (Å²) in [6, 6.07) is 8.03. The van der Waals surface area contributed by atoms with Gasteiger partial charge in [-0.15, -0.1) is 0 Å². The van der Waals surface area contributed by atoms with Crippen molar-refractivity contribution in [2.75, 3.05) is 0 Å². The second-order valence-electron chi connectivity index (χ2n) is 4.39. The van der Waals surface area contributed by atoms with E-state index >= 15 is 0 Å². The largest absolute Gasteiger partial charge is 0.204 e. The van der Waals surface area contributed by atoms with E-state index in [0.717, 1.165) is 11.1 Å². The molecule has 3 rings (SSSR count). The Morgan fingerprint density at radius 1 is 0.842 bits per heavy atom. The molecule has 0 heterocycles. The van der Waals surface area contributed by atoms with Crippen LogP contribution in [0.5, 0.6) is 0 Å². The van der Waals surface area contributed by atoms with Crippen LogP contribution in [0.3, 0.4) is 0 Å². The van der Waals surface area contributed by atoms with E-state index in [1.54, 1.807) is 6.08 Å². The lowest BCUT2D eigenvalue weighted by atomic mass is 10.0. The van der Waals surface area contributed by atoms with Gasteiger partial charge in [-0.05, 0) is 29.2 Å². The van der Waals surface area contributed by atoms with Crippen molar-refractivity contribution in [3.8, 4) is 0 Å². The van der Waals surface area contributed by atoms with Crippen LogP contribution in [0.2, 0.25) is 0 Å². The maximum Gasteiger partial charge on any atom is 0.198 e. The van der Waals surface area contributed by atoms with Gasteiger partial charge in [-0.3, -0.25) is 0 Å². The lowest BCUT2D eigenvalue weighted by molar-refractivity contribution is 0.407. The molecule has 0 atom stereocenters. The number of allylic oxidation sites excluding steroid dienone is 1. The van der Waals surface area contributed by atoms with Crippen LogP contribution in [0, 0.1) is 23.3 Å². The van der Waals surface area contributed by atoms with Crippen LogP contribution < -0.4 is 0 Å². The SMILES string of the molecule is Fc1cc(C2=Cc3ccccc3C2)c(F)c(F)c1F. The summed E-state index contributed by atoms with van der Waals surface area (Å²) in [6.45, 7) is 0. The standard InChI is InChI=1S/C15H8F4/c16-12-7-11(13(17)15(19)14(12)18)10-5-8-3-1-2-4-9(8)6-10/h1-5,7H,6H2. The van der Waals surface area contributed by atoms with Crippen LogP contribution in [-0.4, -0.2) is 0 Å². The molecular formula is C15H8F4. The predicted molar refractivity (Wildman–Crippen MR) is 64.3 cm³/mol. The minimum atomic E-state index is -1.78. The van der Waals surface area contributed by atoms with Gasteiger partial charge in [0.15, 0.2) is 23.3 Å². The first-order chi connectivity index (χ1) is 9.08. The Balaban J connectivity index is 2.12. The van der Waals surface area contributed by atoms with Crippen molar-refractivity contribution >= 4 is 11.6 Å². The van der Waals surface area contributed by atoms with Gasteiger partial charge in [0.05, 0.1) is 0 Å². The summed E-state index contributed by atoms with van der Waals surface area (Å²) in [6.07, 6.45) is 2.03. The number of halogens is 4. The minimum Gasteiger partial charge on any atom is -0.204 e. The summed E-state index contributed by atoms with van der Waals surface area (Å²) in [7, 11) is 0. The van der Waals surface area contributed by atoms with Gasteiger partial charge in [-0.2, -0.15) is 0 Å². The molecule has 0 aliphatic heterocycles. The van der Waals surface area contributed by atoms with E-state index in [1.807, 2.05) is 24.3 Å². The number of rotatable bonds is 1. The molecule has 4 heteroatoms. The molecule has 0 aromatic heterocycles. The Morgan fingerprint density at radius 3 is 2.32 bits per heavy atom. The van der Waals surface area contributed by atoms with E-state index < -0.39 is 23.3 Å². The fourth-order valence-electron chi connectivity index (χ4n) is 2.26. The monoisotopic (exact) mass is 264 g/mol. The summed E-state index contributed by atoms with van der Waals surface area (Å²) >= 11 is 0. The third-order valence-electron chi connectivity index (χ3n) is 3.21. The summed E-state index contributed by atoms with van der Waals surface area (Å²) < 4.78 is 53.0. The number of hydrogen-bond acceptors (Lipinski definition) is 0. The first-order valence-corrected chi connectivity index (χ1v) is 5.70. The third-order valence-corrected chi connectivity index (χ3v) is 3.21. The smallest absolute Gasteiger partial charge is 0.198 e. The maximum atomic E-state index is 13.7. The predicted octanol–water partition coefficient (Wildman–Crippen LogP) is 4.34. The summed E-state index contributed by atoms with van der Waals surface area (Å²) in [4.78, 5) is 0. The minimum absolute atomic E-state index is 0.229. The molecule has 0 amide bonds. The van der Waals surface area contributed by atoms with Gasteiger partial charge in [0.1, 0.15) is 0 Å². The zero-order valence-electron chi connectivity index (χ0n) is 9.68. The molecule has 0 radical (unpaired) electrons. The second-order valence-corrected chi connectivity index (χ2v) is 4.39. The Hall–Kier alpha value is -2.10. The van der Waals surface area contributed by atoms with E-state index in [9.17, 15) is 17.6 Å². The zero-order chi connectivity index (χ0) is 13.6. The van der Waals surface area contributed by atoms with Crippen molar-refractivity contribution in [1.82, 2.24) is 0 Å². The van der Waals surface area contributed by atoms with Gasteiger partial charge in [0, 0.05) is 5.56 Å². The highest BCUT2D eigenvalue weighted by Gasteiger charge is 2.23. The molecule has 0 saturated heterocycles. The summed E-state index contributed by atoms with van der Waals surface area (Å²) in [5, 5.41) is 0. The second kappa shape index (κ2) is 4.23. The van der Waals surface area contributed by atoms with E-state index in [-0.39, 0.29) is 5.56 Å². The molecular weight excluding hydrogens is 256 g/mol. The van der Waals surface area contributed by atoms with Crippen molar-refractivity contribution in [1.29, 1.82) is 0 Å². The van der Waals surface area contributed by atoms with Crippen LogP contribution in [0.25, 0.3) is 11.6 Å². The van der Waals surface area contributed by atoms with Crippen LogP contribution in [0.1, 0.15) is 16.7 Å². The number of fused-ring (bicyclic) bond motifs is 1. The highest BCUT2D eigenvalue weighted by molar-refractivity contribution is 5.88. The Bertz CT molecular complexity index is 702. The van der Waals surface area contributed by atoms with E-state index in [0.29, 0.717) is 18.1 Å². The highest BCUT2D eigenvalue weighted by atomic mass is 19.2. The molecule has 0 nitrogen and oxygen atoms in total. The van der Waals surface area contributed by atoms with Crippen molar-refractivity contribution in [3.63, 3.8) is 0 Å². The molecule has 19 heavy (non-hydrogen) atoms. The molecule has 0 spiro atoms. The van der Waals surface area contributed by atoms with Crippen LogP contribution >= 0.6 is 0 Å². The van der Waals surface area contributed by atoms with Gasteiger partial charge >= 0.3 is 0 Å². The van der Waals surface area contributed by atoms with Gasteiger partial charge in [0.2, 0.25) is 0 Å². The van der Waals surface area contributed by atoms with Crippen molar-refractivity contribution in [3.05, 3.63) is 70.3 Å². The molecule has 0 saturated carbocycles. The molecule has 1 aliphatic carbocycles. The quantitative estimate of drug-likeness (QED) is 0.408. The Morgan fingerprint density at radius 2 is 1.58 bits per heavy atom.